The van der Waals surface area contributed by atoms with Crippen molar-refractivity contribution in [1.82, 2.24) is 14.5 Å². The predicted octanol–water partition coefficient (Wildman–Crippen LogP) is 4.26. The minimum atomic E-state index is -0.0374. The molecule has 0 amide bonds. The van der Waals surface area contributed by atoms with Crippen molar-refractivity contribution in [2.24, 2.45) is 0 Å². The Bertz CT molecular complexity index is 1060. The summed E-state index contributed by atoms with van der Waals surface area (Å²) in [5.41, 5.74) is 2.56. The van der Waals surface area contributed by atoms with Gasteiger partial charge in [-0.25, -0.2) is 4.98 Å². The second kappa shape index (κ2) is 8.37. The molecule has 1 atom stereocenters. The molecule has 0 N–H and O–H groups in total. The average Bonchev–Trinajstić information content (AvgIpc) is 3.12. The van der Waals surface area contributed by atoms with E-state index in [0.717, 1.165) is 35.5 Å². The van der Waals surface area contributed by atoms with Crippen LogP contribution in [-0.2, 0) is 0 Å². The van der Waals surface area contributed by atoms with E-state index in [2.05, 4.69) is 16.8 Å². The molecule has 5 heteroatoms. The van der Waals surface area contributed by atoms with E-state index >= 15 is 0 Å². The number of ether oxygens (including phenoxy) is 1. The summed E-state index contributed by atoms with van der Waals surface area (Å²) < 4.78 is 7.58. The molecule has 1 fully saturated rings. The third kappa shape index (κ3) is 4.20. The lowest BCUT2D eigenvalue weighted by Gasteiger charge is -2.20. The lowest BCUT2D eigenvalue weighted by Crippen LogP contribution is -2.28. The number of aromatic nitrogens is 2. The van der Waals surface area contributed by atoms with Gasteiger partial charge in [-0.05, 0) is 83.0 Å². The van der Waals surface area contributed by atoms with Gasteiger partial charge in [0.25, 0.3) is 5.56 Å². The van der Waals surface area contributed by atoms with Gasteiger partial charge in [0.15, 0.2) is 0 Å². The van der Waals surface area contributed by atoms with Crippen molar-refractivity contribution in [3.8, 4) is 11.4 Å². The molecule has 3 aromatic rings. The van der Waals surface area contributed by atoms with E-state index in [9.17, 15) is 4.79 Å². The third-order valence-corrected chi connectivity index (χ3v) is 5.84. The van der Waals surface area contributed by atoms with Crippen LogP contribution in [0.4, 0.5) is 0 Å². The lowest BCUT2D eigenvalue weighted by molar-refractivity contribution is 0.230. The van der Waals surface area contributed by atoms with Crippen LogP contribution < -0.4 is 10.3 Å². The van der Waals surface area contributed by atoms with Crippen LogP contribution in [0, 0.1) is 13.8 Å². The lowest BCUT2D eigenvalue weighted by atomic mass is 10.1. The van der Waals surface area contributed by atoms with Crippen LogP contribution in [0.5, 0.6) is 5.75 Å². The second-order valence-electron chi connectivity index (χ2n) is 8.04. The number of hydrogen-bond acceptors (Lipinski definition) is 4. The van der Waals surface area contributed by atoms with Gasteiger partial charge in [0, 0.05) is 12.6 Å². The molecule has 0 aliphatic carbocycles. The Morgan fingerprint density at radius 2 is 1.93 bits per heavy atom. The van der Waals surface area contributed by atoms with Crippen LogP contribution in [0.15, 0.2) is 47.3 Å². The molecule has 5 nitrogen and oxygen atoms in total. The highest BCUT2D eigenvalue weighted by atomic mass is 16.5. The maximum absolute atomic E-state index is 13.0. The number of rotatable bonds is 6. The summed E-state index contributed by atoms with van der Waals surface area (Å²) in [5, 5.41) is 0.645. The summed E-state index contributed by atoms with van der Waals surface area (Å²) >= 11 is 0. The standard InChI is InChI=1S/C24H29N3O2/c1-17-7-12-23-22(16-17)24(28)27(19(3)25-23)20-8-10-21(11-9-20)29-15-5-14-26-13-4-6-18(26)2/h7-12,16,18H,4-6,13-15H2,1-3H3/t18-/m1/s1. The molecule has 1 aliphatic rings. The first-order valence-electron chi connectivity index (χ1n) is 10.5. The molecule has 2 heterocycles. The largest absolute Gasteiger partial charge is 0.494 e. The van der Waals surface area contributed by atoms with Gasteiger partial charge in [-0.15, -0.1) is 0 Å². The molecule has 0 unspecified atom stereocenters. The molecule has 152 valence electrons. The number of likely N-dealkylation sites (tertiary alicyclic amines) is 1. The fourth-order valence-electron chi connectivity index (χ4n) is 4.19. The van der Waals surface area contributed by atoms with Gasteiger partial charge in [0.1, 0.15) is 11.6 Å². The van der Waals surface area contributed by atoms with Crippen LogP contribution in [-0.4, -0.2) is 40.2 Å². The Labute approximate surface area is 171 Å². The molecule has 0 bridgehead atoms. The Morgan fingerprint density at radius 1 is 1.14 bits per heavy atom. The summed E-state index contributed by atoms with van der Waals surface area (Å²) in [6.45, 7) is 9.17. The van der Waals surface area contributed by atoms with Crippen LogP contribution in [0.2, 0.25) is 0 Å². The molecule has 29 heavy (non-hydrogen) atoms. The van der Waals surface area contributed by atoms with Gasteiger partial charge in [-0.3, -0.25) is 9.36 Å². The fraction of sp³-hybridized carbons (Fsp3) is 0.417. The molecular weight excluding hydrogens is 362 g/mol. The SMILES string of the molecule is Cc1ccc2nc(C)n(-c3ccc(OCCCN4CCC[C@H]4C)cc3)c(=O)c2c1. The first-order chi connectivity index (χ1) is 14.0. The van der Waals surface area contributed by atoms with Gasteiger partial charge in [-0.1, -0.05) is 11.6 Å². The Balaban J connectivity index is 1.46. The zero-order chi connectivity index (χ0) is 20.4. The summed E-state index contributed by atoms with van der Waals surface area (Å²) in [6.07, 6.45) is 3.65. The molecule has 2 aromatic carbocycles. The smallest absolute Gasteiger partial charge is 0.265 e. The number of hydrogen-bond donors (Lipinski definition) is 0. The molecule has 4 rings (SSSR count). The molecule has 0 spiro atoms. The normalized spacial score (nSPS) is 17.1. The van der Waals surface area contributed by atoms with Crippen LogP contribution in [0.3, 0.4) is 0 Å². The molecule has 0 radical (unpaired) electrons. The maximum atomic E-state index is 13.0. The van der Waals surface area contributed by atoms with E-state index in [-0.39, 0.29) is 5.56 Å². The zero-order valence-electron chi connectivity index (χ0n) is 17.5. The summed E-state index contributed by atoms with van der Waals surface area (Å²) in [7, 11) is 0. The quantitative estimate of drug-likeness (QED) is 0.589. The third-order valence-electron chi connectivity index (χ3n) is 5.84. The van der Waals surface area contributed by atoms with E-state index in [1.165, 1.54) is 19.4 Å². The van der Waals surface area contributed by atoms with Gasteiger partial charge >= 0.3 is 0 Å². The van der Waals surface area contributed by atoms with Crippen LogP contribution in [0.1, 0.15) is 37.6 Å². The number of benzene rings is 2. The van der Waals surface area contributed by atoms with Crippen molar-refractivity contribution in [3.63, 3.8) is 0 Å². The Morgan fingerprint density at radius 3 is 2.66 bits per heavy atom. The first-order valence-corrected chi connectivity index (χ1v) is 10.5. The zero-order valence-corrected chi connectivity index (χ0v) is 17.5. The molecule has 1 saturated heterocycles. The van der Waals surface area contributed by atoms with E-state index in [0.29, 0.717) is 23.9 Å². The fourth-order valence-corrected chi connectivity index (χ4v) is 4.19. The topological polar surface area (TPSA) is 47.4 Å². The summed E-state index contributed by atoms with van der Waals surface area (Å²) in [5.74, 6) is 1.51. The molecule has 0 saturated carbocycles. The van der Waals surface area contributed by atoms with Crippen molar-refractivity contribution in [2.45, 2.75) is 46.1 Å². The Hall–Kier alpha value is -2.66. The number of aryl methyl sites for hydroxylation is 2. The molecule has 1 aromatic heterocycles. The highest BCUT2D eigenvalue weighted by Gasteiger charge is 2.19. The van der Waals surface area contributed by atoms with E-state index < -0.39 is 0 Å². The van der Waals surface area contributed by atoms with Crippen molar-refractivity contribution in [3.05, 3.63) is 64.2 Å². The number of nitrogens with zero attached hydrogens (tertiary/aromatic N) is 3. The predicted molar refractivity (Wildman–Crippen MR) is 117 cm³/mol. The molecule has 1 aliphatic heterocycles. The maximum Gasteiger partial charge on any atom is 0.265 e. The summed E-state index contributed by atoms with van der Waals surface area (Å²) in [4.78, 5) is 20.2. The average molecular weight is 392 g/mol. The van der Waals surface area contributed by atoms with Gasteiger partial charge in [0.05, 0.1) is 23.2 Å². The number of fused-ring (bicyclic) bond motifs is 1. The second-order valence-corrected chi connectivity index (χ2v) is 8.04. The van der Waals surface area contributed by atoms with Gasteiger partial charge in [-0.2, -0.15) is 0 Å². The highest BCUT2D eigenvalue weighted by Crippen LogP contribution is 2.19. The van der Waals surface area contributed by atoms with E-state index in [1.54, 1.807) is 4.57 Å². The monoisotopic (exact) mass is 391 g/mol. The van der Waals surface area contributed by atoms with Gasteiger partial charge < -0.3 is 9.64 Å². The summed E-state index contributed by atoms with van der Waals surface area (Å²) in [6, 6.07) is 14.2. The van der Waals surface area contributed by atoms with Gasteiger partial charge in [0.2, 0.25) is 0 Å². The van der Waals surface area contributed by atoms with E-state index in [1.807, 2.05) is 56.3 Å². The minimum absolute atomic E-state index is 0.0374. The first kappa shape index (κ1) is 19.6. The minimum Gasteiger partial charge on any atom is -0.494 e. The van der Waals surface area contributed by atoms with Crippen molar-refractivity contribution < 1.29 is 4.74 Å². The van der Waals surface area contributed by atoms with E-state index in [4.69, 9.17) is 4.74 Å². The van der Waals surface area contributed by atoms with Crippen molar-refractivity contribution in [1.29, 1.82) is 0 Å². The molecular formula is C24H29N3O2. The highest BCUT2D eigenvalue weighted by molar-refractivity contribution is 5.78. The van der Waals surface area contributed by atoms with Crippen molar-refractivity contribution >= 4 is 10.9 Å². The van der Waals surface area contributed by atoms with Crippen molar-refractivity contribution in [2.75, 3.05) is 19.7 Å². The van der Waals surface area contributed by atoms with Crippen LogP contribution >= 0.6 is 0 Å². The van der Waals surface area contributed by atoms with Crippen LogP contribution in [0.25, 0.3) is 16.6 Å². The Kier molecular flexibility index (Phi) is 5.67.